The summed E-state index contributed by atoms with van der Waals surface area (Å²) in [6.45, 7) is 3.88. The molecule has 0 saturated carbocycles. The lowest BCUT2D eigenvalue weighted by atomic mass is 10.5. The first kappa shape index (κ1) is 15.6. The van der Waals surface area contributed by atoms with E-state index in [9.17, 15) is 13.2 Å². The molecule has 5 nitrogen and oxygen atoms in total. The second-order valence-corrected chi connectivity index (χ2v) is 4.07. The molecule has 0 aliphatic rings. The normalized spacial score (nSPS) is 10.8. The zero-order chi connectivity index (χ0) is 11.6. The van der Waals surface area contributed by atoms with Gasteiger partial charge in [-0.1, -0.05) is 13.0 Å². The van der Waals surface area contributed by atoms with Gasteiger partial charge in [-0.3, -0.25) is 8.98 Å². The maximum absolute atomic E-state index is 10.2. The highest BCUT2D eigenvalue weighted by Crippen LogP contribution is 1.86. The average molecular weight is 223 g/mol. The van der Waals surface area contributed by atoms with Crippen LogP contribution in [-0.2, 0) is 19.1 Å². The summed E-state index contributed by atoms with van der Waals surface area (Å²) in [6, 6.07) is 0. The molecule has 0 atom stereocenters. The predicted molar refractivity (Wildman–Crippen MR) is 55.1 cm³/mol. The molecule has 0 aromatic carbocycles. The minimum atomic E-state index is -3.19. The van der Waals surface area contributed by atoms with Gasteiger partial charge in [0.1, 0.15) is 0 Å². The van der Waals surface area contributed by atoms with Gasteiger partial charge < -0.3 is 5.73 Å². The van der Waals surface area contributed by atoms with E-state index < -0.39 is 16.0 Å². The van der Waals surface area contributed by atoms with Crippen molar-refractivity contribution in [3.05, 3.63) is 12.2 Å². The van der Waals surface area contributed by atoms with E-state index in [4.69, 9.17) is 0 Å². The average Bonchev–Trinajstić information content (AvgIpc) is 2.00. The van der Waals surface area contributed by atoms with Crippen molar-refractivity contribution in [1.82, 2.24) is 0 Å². The Morgan fingerprint density at radius 1 is 1.50 bits per heavy atom. The van der Waals surface area contributed by atoms with Crippen LogP contribution in [0, 0.1) is 0 Å². The van der Waals surface area contributed by atoms with Crippen LogP contribution < -0.4 is 5.73 Å². The van der Waals surface area contributed by atoms with Crippen LogP contribution in [0.1, 0.15) is 20.3 Å². The molecule has 6 heteroatoms. The van der Waals surface area contributed by atoms with E-state index in [-0.39, 0.29) is 0 Å². The number of rotatable bonds is 4. The SMILES string of the molecule is CC=CC(N)=O.CCCOS(C)(=O)=O. The third-order valence-electron chi connectivity index (χ3n) is 0.832. The van der Waals surface area contributed by atoms with Crippen LogP contribution in [0.25, 0.3) is 0 Å². The maximum Gasteiger partial charge on any atom is 0.264 e. The van der Waals surface area contributed by atoms with Gasteiger partial charge in [0.2, 0.25) is 5.91 Å². The van der Waals surface area contributed by atoms with Crippen molar-refractivity contribution in [2.75, 3.05) is 12.9 Å². The first-order valence-corrected chi connectivity index (χ1v) is 5.91. The zero-order valence-electron chi connectivity index (χ0n) is 8.69. The van der Waals surface area contributed by atoms with Crippen molar-refractivity contribution in [1.29, 1.82) is 0 Å². The van der Waals surface area contributed by atoms with E-state index >= 15 is 0 Å². The van der Waals surface area contributed by atoms with Crippen LogP contribution >= 0.6 is 0 Å². The first-order chi connectivity index (χ1) is 6.33. The second kappa shape index (κ2) is 8.71. The van der Waals surface area contributed by atoms with Gasteiger partial charge in [0.05, 0.1) is 12.9 Å². The van der Waals surface area contributed by atoms with E-state index in [1.807, 2.05) is 6.92 Å². The van der Waals surface area contributed by atoms with Crippen molar-refractivity contribution in [3.63, 3.8) is 0 Å². The minimum absolute atomic E-state index is 0.291. The Morgan fingerprint density at radius 3 is 2.07 bits per heavy atom. The molecule has 0 fully saturated rings. The molecule has 0 bridgehead atoms. The topological polar surface area (TPSA) is 86.5 Å². The quantitative estimate of drug-likeness (QED) is 0.552. The number of amides is 1. The van der Waals surface area contributed by atoms with Crippen molar-refractivity contribution in [2.45, 2.75) is 20.3 Å². The largest absolute Gasteiger partial charge is 0.366 e. The van der Waals surface area contributed by atoms with Crippen LogP contribution in [0.4, 0.5) is 0 Å². The summed E-state index contributed by atoms with van der Waals surface area (Å²) in [5.74, 6) is -0.391. The number of allylic oxidation sites excluding steroid dienone is 1. The Bertz CT molecular complexity index is 269. The number of carbonyl (C=O) groups excluding carboxylic acids is 1. The molecule has 0 aliphatic heterocycles. The van der Waals surface area contributed by atoms with Crippen LogP contribution in [0.2, 0.25) is 0 Å². The van der Waals surface area contributed by atoms with Gasteiger partial charge in [-0.15, -0.1) is 0 Å². The monoisotopic (exact) mass is 223 g/mol. The van der Waals surface area contributed by atoms with Gasteiger partial charge in [0.25, 0.3) is 10.1 Å². The number of carbonyl (C=O) groups is 1. The molecule has 0 spiro atoms. The van der Waals surface area contributed by atoms with Crippen molar-refractivity contribution < 1.29 is 17.4 Å². The Morgan fingerprint density at radius 2 is 2.00 bits per heavy atom. The smallest absolute Gasteiger partial charge is 0.264 e. The Labute approximate surface area is 85.1 Å². The predicted octanol–water partition coefficient (Wildman–Crippen LogP) is 0.420. The lowest BCUT2D eigenvalue weighted by Crippen LogP contribution is -2.04. The van der Waals surface area contributed by atoms with Crippen molar-refractivity contribution >= 4 is 16.0 Å². The van der Waals surface area contributed by atoms with Gasteiger partial charge in [0, 0.05) is 0 Å². The van der Waals surface area contributed by atoms with Crippen LogP contribution in [0.3, 0.4) is 0 Å². The number of primary amides is 1. The highest BCUT2D eigenvalue weighted by molar-refractivity contribution is 7.85. The fourth-order valence-electron chi connectivity index (χ4n) is 0.399. The Balaban J connectivity index is 0. The molecule has 2 N–H and O–H groups in total. The summed E-state index contributed by atoms with van der Waals surface area (Å²) in [7, 11) is -3.19. The molecule has 0 saturated heterocycles. The molecule has 0 unspecified atom stereocenters. The van der Waals surface area contributed by atoms with Crippen molar-refractivity contribution in [3.8, 4) is 0 Å². The lowest BCUT2D eigenvalue weighted by molar-refractivity contribution is -0.113. The van der Waals surface area contributed by atoms with Gasteiger partial charge in [-0.25, -0.2) is 0 Å². The number of nitrogens with two attached hydrogens (primary N) is 1. The van der Waals surface area contributed by atoms with E-state index in [1.54, 1.807) is 13.0 Å². The molecule has 84 valence electrons. The van der Waals surface area contributed by atoms with E-state index in [2.05, 4.69) is 9.92 Å². The zero-order valence-corrected chi connectivity index (χ0v) is 9.50. The third-order valence-corrected chi connectivity index (χ3v) is 1.43. The molecule has 0 aromatic rings. The van der Waals surface area contributed by atoms with Crippen LogP contribution in [-0.4, -0.2) is 27.2 Å². The fourth-order valence-corrected chi connectivity index (χ4v) is 0.868. The van der Waals surface area contributed by atoms with E-state index in [1.165, 1.54) is 6.08 Å². The summed E-state index contributed by atoms with van der Waals surface area (Å²) in [5.41, 5.74) is 4.68. The van der Waals surface area contributed by atoms with Crippen LogP contribution in [0.15, 0.2) is 12.2 Å². The molecule has 0 radical (unpaired) electrons. The summed E-state index contributed by atoms with van der Waals surface area (Å²) in [6.07, 6.45) is 4.68. The third kappa shape index (κ3) is 22.5. The molecule has 1 amide bonds. The summed E-state index contributed by atoms with van der Waals surface area (Å²) >= 11 is 0. The lowest BCUT2D eigenvalue weighted by Gasteiger charge is -1.94. The molecule has 0 aromatic heterocycles. The molecule has 14 heavy (non-hydrogen) atoms. The van der Waals surface area contributed by atoms with Gasteiger partial charge in [-0.05, 0) is 19.4 Å². The summed E-state index contributed by atoms with van der Waals surface area (Å²) < 4.78 is 24.7. The standard InChI is InChI=1S/C4H7NO.C4H10O3S/c1-2-3-4(5)6;1-3-4-7-8(2,5)6/h2-3H,1H3,(H2,5,6);3-4H2,1-2H3. The summed E-state index contributed by atoms with van der Waals surface area (Å²) in [4.78, 5) is 9.73. The number of hydrogen-bond donors (Lipinski definition) is 1. The minimum Gasteiger partial charge on any atom is -0.366 e. The molecule has 0 rings (SSSR count). The molecule has 0 heterocycles. The van der Waals surface area contributed by atoms with Gasteiger partial charge in [-0.2, -0.15) is 8.42 Å². The van der Waals surface area contributed by atoms with Crippen LogP contribution in [0.5, 0.6) is 0 Å². The first-order valence-electron chi connectivity index (χ1n) is 4.10. The molecular formula is C8H17NO4S. The highest BCUT2D eigenvalue weighted by Gasteiger charge is 1.96. The fraction of sp³-hybridized carbons (Fsp3) is 0.625. The Hall–Kier alpha value is -0.880. The summed E-state index contributed by atoms with van der Waals surface area (Å²) in [5, 5.41) is 0. The Kier molecular flexibility index (Phi) is 9.69. The van der Waals surface area contributed by atoms with E-state index in [0.717, 1.165) is 12.7 Å². The number of hydrogen-bond acceptors (Lipinski definition) is 4. The van der Waals surface area contributed by atoms with Gasteiger partial charge in [0.15, 0.2) is 0 Å². The molecular weight excluding hydrogens is 206 g/mol. The van der Waals surface area contributed by atoms with E-state index in [0.29, 0.717) is 6.61 Å². The van der Waals surface area contributed by atoms with Gasteiger partial charge >= 0.3 is 0 Å². The molecule has 0 aliphatic carbocycles. The highest BCUT2D eigenvalue weighted by atomic mass is 32.2. The van der Waals surface area contributed by atoms with Crippen molar-refractivity contribution in [2.24, 2.45) is 5.73 Å². The second-order valence-electron chi connectivity index (χ2n) is 2.43. The maximum atomic E-state index is 10.2.